The third-order valence-electron chi connectivity index (χ3n) is 6.79. The van der Waals surface area contributed by atoms with Gasteiger partial charge in [-0.15, -0.1) is 0 Å². The first-order chi connectivity index (χ1) is 19.6. The highest BCUT2D eigenvalue weighted by molar-refractivity contribution is 5.81. The van der Waals surface area contributed by atoms with Crippen LogP contribution in [0.25, 0.3) is 6.08 Å². The van der Waals surface area contributed by atoms with Crippen molar-refractivity contribution in [1.82, 2.24) is 0 Å². The lowest BCUT2D eigenvalue weighted by atomic mass is 10.1. The Morgan fingerprint density at radius 1 is 0.700 bits per heavy atom. The normalized spacial score (nSPS) is 10.5. The molecule has 0 unspecified atom stereocenters. The van der Waals surface area contributed by atoms with E-state index in [9.17, 15) is 4.79 Å². The van der Waals surface area contributed by atoms with Gasteiger partial charge in [0.1, 0.15) is 5.75 Å². The van der Waals surface area contributed by atoms with Crippen molar-refractivity contribution >= 4 is 29.1 Å². The zero-order valence-corrected chi connectivity index (χ0v) is 23.2. The number of hydrogen-bond acceptors (Lipinski definition) is 4. The summed E-state index contributed by atoms with van der Waals surface area (Å²) in [6.07, 6.45) is 6.56. The van der Waals surface area contributed by atoms with Gasteiger partial charge in [0.2, 0.25) is 0 Å². The van der Waals surface area contributed by atoms with E-state index >= 15 is 0 Å². The number of aryl methyl sites for hydroxylation is 2. The van der Waals surface area contributed by atoms with Crippen LogP contribution in [0.4, 0.5) is 17.1 Å². The summed E-state index contributed by atoms with van der Waals surface area (Å²) >= 11 is 0. The fraction of sp³-hybridized carbons (Fsp3) is 0.194. The van der Waals surface area contributed by atoms with Crippen LogP contribution in [-0.4, -0.2) is 19.2 Å². The van der Waals surface area contributed by atoms with Gasteiger partial charge in [-0.2, -0.15) is 0 Å². The molecule has 4 aromatic rings. The Bertz CT molecular complexity index is 1370. The fourth-order valence-electron chi connectivity index (χ4n) is 4.45. The lowest BCUT2D eigenvalue weighted by Crippen LogP contribution is -2.10. The van der Waals surface area contributed by atoms with Gasteiger partial charge in [0, 0.05) is 29.6 Å². The van der Waals surface area contributed by atoms with Crippen molar-refractivity contribution in [1.29, 1.82) is 0 Å². The first-order valence-corrected chi connectivity index (χ1v) is 13.8. The monoisotopic (exact) mass is 531 g/mol. The fourth-order valence-corrected chi connectivity index (χ4v) is 4.45. The molecule has 0 aliphatic rings. The van der Waals surface area contributed by atoms with E-state index in [1.807, 2.05) is 30.3 Å². The molecule has 0 saturated heterocycles. The van der Waals surface area contributed by atoms with Gasteiger partial charge >= 0.3 is 5.97 Å². The number of nitrogens with zero attached hydrogens (tertiary/aromatic N) is 1. The molecule has 0 atom stereocenters. The molecule has 0 fully saturated rings. The maximum atomic E-state index is 11.3. The van der Waals surface area contributed by atoms with Crippen molar-refractivity contribution in [2.24, 2.45) is 0 Å². The van der Waals surface area contributed by atoms with Crippen LogP contribution in [0.3, 0.4) is 0 Å². The number of benzene rings is 4. The van der Waals surface area contributed by atoms with Crippen molar-refractivity contribution in [3.63, 3.8) is 0 Å². The second-order valence-corrected chi connectivity index (χ2v) is 9.54. The molecule has 0 saturated carbocycles. The number of anilines is 3. The van der Waals surface area contributed by atoms with Crippen LogP contribution >= 0.6 is 0 Å². The number of hydrogen-bond donors (Lipinski definition) is 0. The Morgan fingerprint density at radius 3 is 1.73 bits per heavy atom. The summed E-state index contributed by atoms with van der Waals surface area (Å²) in [5.74, 6) is 0.488. The first-order valence-electron chi connectivity index (χ1n) is 13.8. The van der Waals surface area contributed by atoms with Gasteiger partial charge in [0.15, 0.2) is 0 Å². The van der Waals surface area contributed by atoms with E-state index in [4.69, 9.17) is 9.47 Å². The van der Waals surface area contributed by atoms with Crippen LogP contribution in [-0.2, 0) is 28.8 Å². The van der Waals surface area contributed by atoms with E-state index in [2.05, 4.69) is 97.8 Å². The van der Waals surface area contributed by atoms with Crippen LogP contribution in [0.5, 0.6) is 5.75 Å². The SMILES string of the molecule is C=CC(=O)OCCc1ccc(N(c2ccc(CC)cc2)c2ccc(CCCOc3ccc(C=C)cc3)cc2)cc1. The minimum Gasteiger partial charge on any atom is -0.494 e. The highest BCUT2D eigenvalue weighted by Crippen LogP contribution is 2.35. The molecular formula is C36H37NO3. The maximum Gasteiger partial charge on any atom is 0.330 e. The largest absolute Gasteiger partial charge is 0.494 e. The van der Waals surface area contributed by atoms with Gasteiger partial charge in [0.05, 0.1) is 13.2 Å². The van der Waals surface area contributed by atoms with Gasteiger partial charge in [-0.1, -0.05) is 74.7 Å². The summed E-state index contributed by atoms with van der Waals surface area (Å²) in [5, 5.41) is 0. The molecule has 0 spiro atoms. The summed E-state index contributed by atoms with van der Waals surface area (Å²) in [5.41, 5.74) is 8.05. The summed E-state index contributed by atoms with van der Waals surface area (Å²) in [6.45, 7) is 10.4. The topological polar surface area (TPSA) is 38.8 Å². The third-order valence-corrected chi connectivity index (χ3v) is 6.79. The Kier molecular flexibility index (Phi) is 10.3. The predicted octanol–water partition coefficient (Wildman–Crippen LogP) is 8.65. The third kappa shape index (κ3) is 7.97. The van der Waals surface area contributed by atoms with Gasteiger partial charge in [-0.3, -0.25) is 0 Å². The van der Waals surface area contributed by atoms with E-state index in [1.54, 1.807) is 0 Å². The van der Waals surface area contributed by atoms with Crippen molar-refractivity contribution in [2.45, 2.75) is 32.6 Å². The minimum absolute atomic E-state index is 0.334. The minimum atomic E-state index is -0.396. The van der Waals surface area contributed by atoms with Crippen LogP contribution < -0.4 is 9.64 Å². The summed E-state index contributed by atoms with van der Waals surface area (Å²) < 4.78 is 11.0. The van der Waals surface area contributed by atoms with Gasteiger partial charge in [0.25, 0.3) is 0 Å². The van der Waals surface area contributed by atoms with E-state index < -0.39 is 5.97 Å². The zero-order valence-electron chi connectivity index (χ0n) is 23.2. The van der Waals surface area contributed by atoms with Crippen LogP contribution in [0.2, 0.25) is 0 Å². The molecular weight excluding hydrogens is 494 g/mol. The van der Waals surface area contributed by atoms with Crippen molar-refractivity contribution in [2.75, 3.05) is 18.1 Å². The number of esters is 1. The standard InChI is InChI=1S/C36H37NO3/c1-4-28-9-17-32(18-10-28)37(34-21-13-31(14-22-34)25-27-40-36(38)6-3)33-19-11-30(12-20-33)8-7-26-39-35-23-15-29(5-2)16-24-35/h5-6,9-24H,2-4,7-8,25-27H2,1H3. The lowest BCUT2D eigenvalue weighted by molar-refractivity contribution is -0.137. The van der Waals surface area contributed by atoms with E-state index in [0.717, 1.165) is 53.2 Å². The number of ether oxygens (including phenoxy) is 2. The summed E-state index contributed by atoms with van der Waals surface area (Å²) in [4.78, 5) is 13.6. The second kappa shape index (κ2) is 14.5. The number of carbonyl (C=O) groups excluding carboxylic acids is 1. The maximum absolute atomic E-state index is 11.3. The Balaban J connectivity index is 1.43. The average molecular weight is 532 g/mol. The molecule has 40 heavy (non-hydrogen) atoms. The Labute approximate surface area is 238 Å². The average Bonchev–Trinajstić information content (AvgIpc) is 3.01. The van der Waals surface area contributed by atoms with E-state index in [-0.39, 0.29) is 0 Å². The quantitative estimate of drug-likeness (QED) is 0.0927. The summed E-state index contributed by atoms with van der Waals surface area (Å²) in [7, 11) is 0. The molecule has 4 aromatic carbocycles. The molecule has 4 heteroatoms. The summed E-state index contributed by atoms with van der Waals surface area (Å²) in [6, 6.07) is 33.9. The molecule has 0 bridgehead atoms. The van der Waals surface area contributed by atoms with Crippen molar-refractivity contribution in [3.8, 4) is 5.75 Å². The number of carbonyl (C=O) groups is 1. The van der Waals surface area contributed by atoms with Crippen LogP contribution in [0.1, 0.15) is 35.6 Å². The molecule has 0 amide bonds. The Hall–Kier alpha value is -4.57. The molecule has 4 rings (SSSR count). The first kappa shape index (κ1) is 28.4. The van der Waals surface area contributed by atoms with Crippen molar-refractivity contribution < 1.29 is 14.3 Å². The molecule has 0 heterocycles. The molecule has 204 valence electrons. The molecule has 0 aliphatic carbocycles. The number of rotatable bonds is 14. The lowest BCUT2D eigenvalue weighted by Gasteiger charge is -2.26. The smallest absolute Gasteiger partial charge is 0.330 e. The van der Waals surface area contributed by atoms with Gasteiger partial charge in [-0.05, 0) is 90.0 Å². The van der Waals surface area contributed by atoms with Gasteiger partial charge < -0.3 is 14.4 Å². The predicted molar refractivity (Wildman–Crippen MR) is 166 cm³/mol. The highest BCUT2D eigenvalue weighted by atomic mass is 16.5. The molecule has 0 radical (unpaired) electrons. The van der Waals surface area contributed by atoms with E-state index in [1.165, 1.54) is 17.2 Å². The second-order valence-electron chi connectivity index (χ2n) is 9.54. The molecule has 0 aliphatic heterocycles. The van der Waals surface area contributed by atoms with Crippen molar-refractivity contribution in [3.05, 3.63) is 139 Å². The van der Waals surface area contributed by atoms with Crippen LogP contribution in [0.15, 0.2) is 116 Å². The zero-order chi connectivity index (χ0) is 28.2. The van der Waals surface area contributed by atoms with Crippen LogP contribution in [0, 0.1) is 0 Å². The molecule has 0 aromatic heterocycles. The van der Waals surface area contributed by atoms with Gasteiger partial charge in [-0.25, -0.2) is 4.79 Å². The molecule has 4 nitrogen and oxygen atoms in total. The molecule has 0 N–H and O–H groups in total. The Morgan fingerprint density at radius 2 is 1.23 bits per heavy atom. The van der Waals surface area contributed by atoms with E-state index in [0.29, 0.717) is 19.6 Å². The highest BCUT2D eigenvalue weighted by Gasteiger charge is 2.13.